The van der Waals surface area contributed by atoms with Crippen LogP contribution in [0, 0.1) is 0 Å². The Bertz CT molecular complexity index is 1220. The minimum Gasteiger partial charge on any atom is -0.345 e. The lowest BCUT2D eigenvalue weighted by Gasteiger charge is -2.36. The van der Waals surface area contributed by atoms with Crippen LogP contribution >= 0.6 is 23.2 Å². The van der Waals surface area contributed by atoms with Crippen molar-refractivity contribution in [1.82, 2.24) is 14.4 Å². The third-order valence-corrected chi connectivity index (χ3v) is 8.19. The molecule has 208 valence electrons. The summed E-state index contributed by atoms with van der Waals surface area (Å²) in [5, 5.41) is 3.52. The number of hydrogen-bond donors (Lipinski definition) is 1. The zero-order valence-corrected chi connectivity index (χ0v) is 24.1. The van der Waals surface area contributed by atoms with Crippen molar-refractivity contribution in [3.63, 3.8) is 0 Å². The highest BCUT2D eigenvalue weighted by Crippen LogP contribution is 2.30. The fraction of sp³-hybridized carbons (Fsp3) is 0.419. The van der Waals surface area contributed by atoms with Crippen LogP contribution in [0.3, 0.4) is 0 Å². The summed E-state index contributed by atoms with van der Waals surface area (Å²) in [6.07, 6.45) is 9.20. The number of carbonyl (C=O) groups excluding carboxylic acids is 2. The molecule has 1 aliphatic carbocycles. The molecule has 1 heterocycles. The van der Waals surface area contributed by atoms with Gasteiger partial charge in [-0.2, -0.15) is 0 Å². The minimum atomic E-state index is -0.350. The van der Waals surface area contributed by atoms with Gasteiger partial charge in [0.05, 0.1) is 22.3 Å². The van der Waals surface area contributed by atoms with Gasteiger partial charge in [-0.25, -0.2) is 4.79 Å². The molecule has 1 aliphatic rings. The largest absolute Gasteiger partial charge is 0.345 e. The smallest absolute Gasteiger partial charge is 0.322 e. The van der Waals surface area contributed by atoms with Crippen molar-refractivity contribution in [2.75, 3.05) is 18.4 Å². The summed E-state index contributed by atoms with van der Waals surface area (Å²) in [6.45, 7) is 3.84. The zero-order chi connectivity index (χ0) is 27.6. The maximum atomic E-state index is 13.9. The van der Waals surface area contributed by atoms with Crippen molar-refractivity contribution in [2.45, 2.75) is 71.0 Å². The molecule has 0 unspecified atom stereocenters. The Morgan fingerprint density at radius 2 is 1.74 bits per heavy atom. The van der Waals surface area contributed by atoms with Crippen LogP contribution in [0.5, 0.6) is 0 Å². The maximum absolute atomic E-state index is 13.9. The van der Waals surface area contributed by atoms with Crippen LogP contribution in [-0.4, -0.2) is 45.4 Å². The summed E-state index contributed by atoms with van der Waals surface area (Å²) in [5.41, 5.74) is 2.74. The fourth-order valence-electron chi connectivity index (χ4n) is 5.17. The quantitative estimate of drug-likeness (QED) is 0.256. The van der Waals surface area contributed by atoms with E-state index in [1.807, 2.05) is 29.2 Å². The number of unbranched alkanes of at least 4 members (excludes halogenated alkanes) is 1. The van der Waals surface area contributed by atoms with Gasteiger partial charge >= 0.3 is 6.03 Å². The van der Waals surface area contributed by atoms with Gasteiger partial charge in [0.15, 0.2) is 0 Å². The maximum Gasteiger partial charge on any atom is 0.322 e. The van der Waals surface area contributed by atoms with Gasteiger partial charge in [0, 0.05) is 31.0 Å². The van der Waals surface area contributed by atoms with Crippen LogP contribution in [0.4, 0.5) is 10.5 Å². The monoisotopic (exact) mass is 568 g/mol. The van der Waals surface area contributed by atoms with E-state index >= 15 is 0 Å². The van der Waals surface area contributed by atoms with E-state index in [4.69, 9.17) is 23.2 Å². The van der Waals surface area contributed by atoms with Gasteiger partial charge in [0.1, 0.15) is 6.54 Å². The Morgan fingerprint density at radius 3 is 2.49 bits per heavy atom. The Labute approximate surface area is 241 Å². The van der Waals surface area contributed by atoms with Crippen molar-refractivity contribution in [3.05, 3.63) is 88.2 Å². The molecule has 1 fully saturated rings. The number of anilines is 1. The van der Waals surface area contributed by atoms with E-state index in [0.29, 0.717) is 23.8 Å². The number of halogens is 2. The molecule has 3 amide bonds. The molecule has 3 aromatic rings. The fourth-order valence-corrected chi connectivity index (χ4v) is 5.51. The first-order chi connectivity index (χ1) is 19.0. The van der Waals surface area contributed by atoms with Crippen LogP contribution in [0.25, 0.3) is 0 Å². The van der Waals surface area contributed by atoms with Crippen molar-refractivity contribution in [3.8, 4) is 0 Å². The van der Waals surface area contributed by atoms with Gasteiger partial charge in [0.25, 0.3) is 0 Å². The first kappa shape index (κ1) is 29.0. The highest BCUT2D eigenvalue weighted by molar-refractivity contribution is 6.43. The third-order valence-electron chi connectivity index (χ3n) is 7.38. The predicted molar refractivity (Wildman–Crippen MR) is 159 cm³/mol. The summed E-state index contributed by atoms with van der Waals surface area (Å²) < 4.78 is 2.21. The van der Waals surface area contributed by atoms with Crippen LogP contribution in [-0.2, 0) is 17.9 Å². The minimum absolute atomic E-state index is 0.0138. The number of carbonyl (C=O) groups is 2. The standard InChI is InChI=1S/C31H38Cl2N4O2/c1-2-3-19-36(31(39)34-28-18-10-17-27(32)30(28)33)23-29(38)37(25-14-8-5-9-15-25)22-26-16-11-20-35(26)21-24-12-6-4-7-13-24/h4,6-7,10-13,16-18,20,25H,2-3,5,8-9,14-15,19,21-23H2,1H3,(H,34,39). The number of nitrogens with zero attached hydrogens (tertiary/aromatic N) is 3. The third kappa shape index (κ3) is 8.02. The molecule has 0 radical (unpaired) electrons. The van der Waals surface area contributed by atoms with Gasteiger partial charge in [0.2, 0.25) is 5.91 Å². The summed E-state index contributed by atoms with van der Waals surface area (Å²) in [5.74, 6) is -0.0298. The van der Waals surface area contributed by atoms with Crippen LogP contribution < -0.4 is 5.32 Å². The summed E-state index contributed by atoms with van der Waals surface area (Å²) in [7, 11) is 0. The number of benzene rings is 2. The molecule has 0 aliphatic heterocycles. The molecule has 1 aromatic heterocycles. The molecule has 0 saturated heterocycles. The van der Waals surface area contributed by atoms with Gasteiger partial charge in [-0.1, -0.05) is 92.2 Å². The van der Waals surface area contributed by atoms with Gasteiger partial charge < -0.3 is 19.7 Å². The molecule has 1 N–H and O–H groups in total. The second-order valence-electron chi connectivity index (χ2n) is 10.2. The molecule has 2 aromatic carbocycles. The summed E-state index contributed by atoms with van der Waals surface area (Å²) in [6, 6.07) is 19.4. The first-order valence-corrected chi connectivity index (χ1v) is 14.7. The van der Waals surface area contributed by atoms with Gasteiger partial charge in [-0.3, -0.25) is 4.79 Å². The average molecular weight is 570 g/mol. The summed E-state index contributed by atoms with van der Waals surface area (Å²) in [4.78, 5) is 30.9. The predicted octanol–water partition coefficient (Wildman–Crippen LogP) is 7.84. The molecule has 0 spiro atoms. The molecule has 39 heavy (non-hydrogen) atoms. The molecule has 6 nitrogen and oxygen atoms in total. The van der Waals surface area contributed by atoms with E-state index in [1.165, 1.54) is 12.0 Å². The molecule has 0 atom stereocenters. The Hall–Kier alpha value is -2.96. The van der Waals surface area contributed by atoms with Crippen molar-refractivity contribution in [2.24, 2.45) is 0 Å². The van der Waals surface area contributed by atoms with E-state index in [9.17, 15) is 9.59 Å². The molecule has 4 rings (SSSR count). The van der Waals surface area contributed by atoms with E-state index in [2.05, 4.69) is 41.2 Å². The first-order valence-electron chi connectivity index (χ1n) is 13.9. The van der Waals surface area contributed by atoms with Gasteiger partial charge in [-0.05, 0) is 49.1 Å². The lowest BCUT2D eigenvalue weighted by molar-refractivity contribution is -0.135. The van der Waals surface area contributed by atoms with Gasteiger partial charge in [-0.15, -0.1) is 0 Å². The number of aromatic nitrogens is 1. The Kier molecular flexibility index (Phi) is 10.7. The number of rotatable bonds is 11. The number of urea groups is 1. The van der Waals surface area contributed by atoms with Crippen LogP contribution in [0.2, 0.25) is 10.0 Å². The van der Waals surface area contributed by atoms with E-state index < -0.39 is 0 Å². The van der Waals surface area contributed by atoms with Crippen LogP contribution in [0.15, 0.2) is 66.9 Å². The highest BCUT2D eigenvalue weighted by Gasteiger charge is 2.29. The molecule has 8 heteroatoms. The second kappa shape index (κ2) is 14.4. The van der Waals surface area contributed by atoms with E-state index in [1.54, 1.807) is 23.1 Å². The number of amides is 3. The lowest BCUT2D eigenvalue weighted by Crippen LogP contribution is -2.48. The normalized spacial score (nSPS) is 13.7. The molecular weight excluding hydrogens is 531 g/mol. The number of nitrogens with one attached hydrogen (secondary N) is 1. The van der Waals surface area contributed by atoms with Crippen molar-refractivity contribution >= 4 is 40.8 Å². The average Bonchev–Trinajstić information content (AvgIpc) is 3.39. The number of hydrogen-bond acceptors (Lipinski definition) is 2. The Balaban J connectivity index is 1.52. The Morgan fingerprint density at radius 1 is 0.974 bits per heavy atom. The summed E-state index contributed by atoms with van der Waals surface area (Å²) >= 11 is 12.5. The molecule has 0 bridgehead atoms. The van der Waals surface area contributed by atoms with Crippen LogP contribution in [0.1, 0.15) is 63.1 Å². The SMILES string of the molecule is CCCCN(CC(=O)N(Cc1cccn1Cc1ccccc1)C1CCCCC1)C(=O)Nc1cccc(Cl)c1Cl. The zero-order valence-electron chi connectivity index (χ0n) is 22.6. The molecular formula is C31H38Cl2N4O2. The topological polar surface area (TPSA) is 57.6 Å². The lowest BCUT2D eigenvalue weighted by atomic mass is 9.94. The highest BCUT2D eigenvalue weighted by atomic mass is 35.5. The van der Waals surface area contributed by atoms with Crippen molar-refractivity contribution < 1.29 is 9.59 Å². The van der Waals surface area contributed by atoms with E-state index in [0.717, 1.165) is 50.8 Å². The second-order valence-corrected chi connectivity index (χ2v) is 11.0. The van der Waals surface area contributed by atoms with Crippen molar-refractivity contribution in [1.29, 1.82) is 0 Å². The van der Waals surface area contributed by atoms with E-state index in [-0.39, 0.29) is 29.5 Å². The molecule has 1 saturated carbocycles.